The SMILES string of the molecule is CCCOc1ccc(C=CC(=O)Nc2sc(C(=O)OCC)c(C)c2C(=O)OCC)cc1OC. The number of esters is 2. The average molecular weight is 476 g/mol. The first-order valence-corrected chi connectivity index (χ1v) is 11.4. The van der Waals surface area contributed by atoms with Crippen molar-refractivity contribution < 1.29 is 33.3 Å². The summed E-state index contributed by atoms with van der Waals surface area (Å²) in [6.07, 6.45) is 3.81. The zero-order chi connectivity index (χ0) is 24.4. The topological polar surface area (TPSA) is 100 Å². The van der Waals surface area contributed by atoms with Gasteiger partial charge in [0, 0.05) is 6.08 Å². The second-order valence-electron chi connectivity index (χ2n) is 6.78. The third-order valence-corrected chi connectivity index (χ3v) is 5.59. The van der Waals surface area contributed by atoms with Gasteiger partial charge in [-0.05, 0) is 56.5 Å². The highest BCUT2D eigenvalue weighted by Gasteiger charge is 2.27. The molecule has 1 amide bonds. The third-order valence-electron chi connectivity index (χ3n) is 4.40. The van der Waals surface area contributed by atoms with Crippen molar-refractivity contribution >= 4 is 40.3 Å². The van der Waals surface area contributed by atoms with E-state index < -0.39 is 17.8 Å². The molecule has 2 aromatic rings. The molecule has 1 N–H and O–H groups in total. The number of anilines is 1. The number of rotatable bonds is 11. The molecule has 178 valence electrons. The predicted molar refractivity (Wildman–Crippen MR) is 127 cm³/mol. The molecule has 0 aliphatic carbocycles. The number of amides is 1. The molecule has 0 aliphatic rings. The molecule has 1 heterocycles. The molecule has 33 heavy (non-hydrogen) atoms. The van der Waals surface area contributed by atoms with Gasteiger partial charge in [0.15, 0.2) is 11.5 Å². The smallest absolute Gasteiger partial charge is 0.348 e. The van der Waals surface area contributed by atoms with Gasteiger partial charge in [-0.15, -0.1) is 11.3 Å². The predicted octanol–water partition coefficient (Wildman–Crippen LogP) is 4.86. The Hall–Kier alpha value is -3.33. The van der Waals surface area contributed by atoms with E-state index in [0.29, 0.717) is 23.7 Å². The van der Waals surface area contributed by atoms with E-state index in [2.05, 4.69) is 5.32 Å². The van der Waals surface area contributed by atoms with E-state index >= 15 is 0 Å². The summed E-state index contributed by atoms with van der Waals surface area (Å²) in [4.78, 5) is 37.5. The minimum absolute atomic E-state index is 0.144. The van der Waals surface area contributed by atoms with Crippen LogP contribution in [0.1, 0.15) is 58.3 Å². The molecule has 9 heteroatoms. The lowest BCUT2D eigenvalue weighted by atomic mass is 10.1. The van der Waals surface area contributed by atoms with Crippen molar-refractivity contribution in [1.29, 1.82) is 0 Å². The Morgan fingerprint density at radius 1 is 1.03 bits per heavy atom. The number of benzene rings is 1. The number of hydrogen-bond donors (Lipinski definition) is 1. The van der Waals surface area contributed by atoms with Crippen molar-refractivity contribution in [3.05, 3.63) is 45.8 Å². The monoisotopic (exact) mass is 475 g/mol. The highest BCUT2D eigenvalue weighted by molar-refractivity contribution is 7.18. The van der Waals surface area contributed by atoms with Crippen molar-refractivity contribution in [2.45, 2.75) is 34.1 Å². The lowest BCUT2D eigenvalue weighted by Crippen LogP contribution is -2.13. The quantitative estimate of drug-likeness (QED) is 0.366. The first-order valence-electron chi connectivity index (χ1n) is 10.6. The molecule has 8 nitrogen and oxygen atoms in total. The van der Waals surface area contributed by atoms with Gasteiger partial charge in [0.2, 0.25) is 5.91 Å². The van der Waals surface area contributed by atoms with Crippen LogP contribution in [0.15, 0.2) is 24.3 Å². The zero-order valence-electron chi connectivity index (χ0n) is 19.5. The van der Waals surface area contributed by atoms with Gasteiger partial charge in [0.25, 0.3) is 0 Å². The number of carbonyl (C=O) groups excluding carboxylic acids is 3. The van der Waals surface area contributed by atoms with Crippen molar-refractivity contribution in [2.24, 2.45) is 0 Å². The van der Waals surface area contributed by atoms with Crippen LogP contribution >= 0.6 is 11.3 Å². The average Bonchev–Trinajstić information content (AvgIpc) is 3.12. The molecule has 0 fully saturated rings. The van der Waals surface area contributed by atoms with Crippen LogP contribution < -0.4 is 14.8 Å². The molecule has 1 aromatic carbocycles. The van der Waals surface area contributed by atoms with Crippen LogP contribution in [0, 0.1) is 6.92 Å². The van der Waals surface area contributed by atoms with Gasteiger partial charge in [0.1, 0.15) is 9.88 Å². The number of thiophene rings is 1. The summed E-state index contributed by atoms with van der Waals surface area (Å²) in [5.74, 6) is -0.459. The summed E-state index contributed by atoms with van der Waals surface area (Å²) >= 11 is 0.976. The van der Waals surface area contributed by atoms with E-state index in [4.69, 9.17) is 18.9 Å². The molecule has 1 aromatic heterocycles. The molecular weight excluding hydrogens is 446 g/mol. The maximum absolute atomic E-state index is 12.6. The van der Waals surface area contributed by atoms with Crippen LogP contribution in [0.2, 0.25) is 0 Å². The lowest BCUT2D eigenvalue weighted by molar-refractivity contribution is -0.111. The van der Waals surface area contributed by atoms with Gasteiger partial charge in [-0.1, -0.05) is 13.0 Å². The second-order valence-corrected chi connectivity index (χ2v) is 7.80. The van der Waals surface area contributed by atoms with Gasteiger partial charge in [-0.25, -0.2) is 9.59 Å². The molecule has 0 saturated carbocycles. The van der Waals surface area contributed by atoms with Crippen molar-refractivity contribution in [2.75, 3.05) is 32.2 Å². The Bertz CT molecular complexity index is 1030. The number of nitrogens with one attached hydrogen (secondary N) is 1. The first-order chi connectivity index (χ1) is 15.9. The lowest BCUT2D eigenvalue weighted by Gasteiger charge is -2.10. The standard InChI is InChI=1S/C24H29NO7S/c1-6-13-32-17-11-9-16(14-18(17)29-5)10-12-19(26)25-22-20(23(27)30-7-2)15(4)21(33-22)24(28)31-8-3/h9-12,14H,6-8,13H2,1-5H3,(H,25,26). The fourth-order valence-corrected chi connectivity index (χ4v) is 3.98. The number of ether oxygens (including phenoxy) is 4. The van der Waals surface area contributed by atoms with Crippen LogP contribution in [0.25, 0.3) is 6.08 Å². The number of methoxy groups -OCH3 is 1. The summed E-state index contributed by atoms with van der Waals surface area (Å²) in [7, 11) is 1.55. The number of carbonyl (C=O) groups is 3. The highest BCUT2D eigenvalue weighted by Crippen LogP contribution is 2.34. The second kappa shape index (κ2) is 12.6. The molecular formula is C24H29NO7S. The zero-order valence-corrected chi connectivity index (χ0v) is 20.3. The summed E-state index contributed by atoms with van der Waals surface area (Å²) in [6, 6.07) is 5.33. The van der Waals surface area contributed by atoms with Crippen LogP contribution in [0.5, 0.6) is 11.5 Å². The maximum atomic E-state index is 12.6. The van der Waals surface area contributed by atoms with E-state index in [1.165, 1.54) is 6.08 Å². The Labute approximate surface area is 197 Å². The van der Waals surface area contributed by atoms with Gasteiger partial charge in [0.05, 0.1) is 32.5 Å². The Morgan fingerprint density at radius 2 is 1.73 bits per heavy atom. The van der Waals surface area contributed by atoms with E-state index in [0.717, 1.165) is 23.3 Å². The first kappa shape index (κ1) is 25.9. The van der Waals surface area contributed by atoms with Crippen LogP contribution in [-0.2, 0) is 14.3 Å². The van der Waals surface area contributed by atoms with Gasteiger partial charge < -0.3 is 24.3 Å². The van der Waals surface area contributed by atoms with Gasteiger partial charge >= 0.3 is 11.9 Å². The summed E-state index contributed by atoms with van der Waals surface area (Å²) in [6.45, 7) is 7.94. The molecule has 0 radical (unpaired) electrons. The molecule has 0 saturated heterocycles. The summed E-state index contributed by atoms with van der Waals surface area (Å²) < 4.78 is 21.1. The largest absolute Gasteiger partial charge is 0.493 e. The Kier molecular flexibility index (Phi) is 9.93. The minimum atomic E-state index is -0.617. The van der Waals surface area contributed by atoms with Crippen LogP contribution in [0.4, 0.5) is 5.00 Å². The Balaban J connectivity index is 2.25. The van der Waals surface area contributed by atoms with E-state index in [1.807, 2.05) is 6.92 Å². The fraction of sp³-hybridized carbons (Fsp3) is 0.375. The molecule has 0 atom stereocenters. The van der Waals surface area contributed by atoms with Crippen molar-refractivity contribution in [3.8, 4) is 11.5 Å². The Morgan fingerprint density at radius 3 is 2.36 bits per heavy atom. The van der Waals surface area contributed by atoms with E-state index in [9.17, 15) is 14.4 Å². The van der Waals surface area contributed by atoms with Gasteiger partial charge in [-0.2, -0.15) is 0 Å². The van der Waals surface area contributed by atoms with E-state index in [1.54, 1.807) is 52.2 Å². The fourth-order valence-electron chi connectivity index (χ4n) is 2.89. The molecule has 0 spiro atoms. The molecule has 0 unspecified atom stereocenters. The summed E-state index contributed by atoms with van der Waals surface area (Å²) in [5, 5.41) is 2.90. The third kappa shape index (κ3) is 6.82. The normalized spacial score (nSPS) is 10.7. The highest BCUT2D eigenvalue weighted by atomic mass is 32.1. The van der Waals surface area contributed by atoms with E-state index in [-0.39, 0.29) is 28.7 Å². The van der Waals surface area contributed by atoms with Crippen molar-refractivity contribution in [3.63, 3.8) is 0 Å². The summed E-state index contributed by atoms with van der Waals surface area (Å²) in [5.41, 5.74) is 1.28. The molecule has 2 rings (SSSR count). The maximum Gasteiger partial charge on any atom is 0.348 e. The van der Waals surface area contributed by atoms with Crippen LogP contribution in [0.3, 0.4) is 0 Å². The number of hydrogen-bond acceptors (Lipinski definition) is 8. The molecule has 0 aliphatic heterocycles. The molecule has 0 bridgehead atoms. The minimum Gasteiger partial charge on any atom is -0.493 e. The van der Waals surface area contributed by atoms with Gasteiger partial charge in [-0.3, -0.25) is 4.79 Å². The van der Waals surface area contributed by atoms with Crippen molar-refractivity contribution in [1.82, 2.24) is 0 Å². The van der Waals surface area contributed by atoms with Crippen LogP contribution in [-0.4, -0.2) is 44.8 Å².